The molecule has 5 heteroatoms. The number of ether oxygens (including phenoxy) is 3. The molecule has 1 rings (SSSR count). The highest BCUT2D eigenvalue weighted by Crippen LogP contribution is 2.15. The molecule has 0 N–H and O–H groups in total. The normalized spacial score (nSPS) is 11.8. The van der Waals surface area contributed by atoms with E-state index in [1.807, 2.05) is 0 Å². The SMILES string of the molecule is CCCCOCCOC(=O)c1cccc(C(=O)OCC(CC)CCCC)c1. The van der Waals surface area contributed by atoms with E-state index in [1.54, 1.807) is 18.2 Å². The first kappa shape index (κ1) is 23.2. The lowest BCUT2D eigenvalue weighted by molar-refractivity contribution is 0.0313. The van der Waals surface area contributed by atoms with E-state index in [2.05, 4.69) is 20.8 Å². The van der Waals surface area contributed by atoms with Crippen LogP contribution in [0.3, 0.4) is 0 Å². The number of esters is 2. The predicted octanol–water partition coefficient (Wildman–Crippen LogP) is 5.03. The van der Waals surface area contributed by atoms with Gasteiger partial charge in [-0.05, 0) is 37.0 Å². The van der Waals surface area contributed by atoms with Crippen molar-refractivity contribution in [2.24, 2.45) is 5.92 Å². The molecule has 1 aromatic rings. The van der Waals surface area contributed by atoms with Crippen LogP contribution >= 0.6 is 0 Å². The Kier molecular flexibility index (Phi) is 12.2. The van der Waals surface area contributed by atoms with Crippen LogP contribution in [0.25, 0.3) is 0 Å². The summed E-state index contributed by atoms with van der Waals surface area (Å²) in [7, 11) is 0. The van der Waals surface area contributed by atoms with Crippen molar-refractivity contribution in [1.29, 1.82) is 0 Å². The highest BCUT2D eigenvalue weighted by Gasteiger charge is 2.14. The molecule has 0 saturated carbocycles. The van der Waals surface area contributed by atoms with Crippen molar-refractivity contribution >= 4 is 11.9 Å². The Morgan fingerprint density at radius 2 is 1.56 bits per heavy atom. The maximum atomic E-state index is 12.3. The molecule has 0 aliphatic rings. The van der Waals surface area contributed by atoms with Gasteiger partial charge in [0.15, 0.2) is 0 Å². The summed E-state index contributed by atoms with van der Waals surface area (Å²) in [5.41, 5.74) is 0.713. The Bertz CT molecular complexity index is 555. The van der Waals surface area contributed by atoms with E-state index in [9.17, 15) is 9.59 Å². The molecular formula is C22H34O5. The van der Waals surface area contributed by atoms with Crippen molar-refractivity contribution in [1.82, 2.24) is 0 Å². The molecule has 0 amide bonds. The highest BCUT2D eigenvalue weighted by atomic mass is 16.6. The third kappa shape index (κ3) is 9.57. The van der Waals surface area contributed by atoms with Gasteiger partial charge >= 0.3 is 11.9 Å². The summed E-state index contributed by atoms with van der Waals surface area (Å²) >= 11 is 0. The number of hydrogen-bond acceptors (Lipinski definition) is 5. The van der Waals surface area contributed by atoms with E-state index in [1.165, 1.54) is 6.07 Å². The molecule has 0 aliphatic heterocycles. The number of benzene rings is 1. The second-order valence-electron chi connectivity index (χ2n) is 6.70. The van der Waals surface area contributed by atoms with Crippen molar-refractivity contribution in [2.45, 2.75) is 59.3 Å². The number of carbonyl (C=O) groups excluding carboxylic acids is 2. The minimum atomic E-state index is -0.460. The van der Waals surface area contributed by atoms with E-state index < -0.39 is 11.9 Å². The van der Waals surface area contributed by atoms with Crippen LogP contribution in [0.1, 0.15) is 80.0 Å². The third-order valence-electron chi connectivity index (χ3n) is 4.43. The number of rotatable bonds is 14. The van der Waals surface area contributed by atoms with Crippen LogP contribution in [0.4, 0.5) is 0 Å². The second-order valence-corrected chi connectivity index (χ2v) is 6.70. The monoisotopic (exact) mass is 378 g/mol. The van der Waals surface area contributed by atoms with E-state index >= 15 is 0 Å². The van der Waals surface area contributed by atoms with Crippen LogP contribution in [0.5, 0.6) is 0 Å². The molecule has 0 aliphatic carbocycles. The summed E-state index contributed by atoms with van der Waals surface area (Å²) in [4.78, 5) is 24.4. The minimum absolute atomic E-state index is 0.201. The zero-order chi connectivity index (χ0) is 19.9. The second kappa shape index (κ2) is 14.2. The topological polar surface area (TPSA) is 61.8 Å². The van der Waals surface area contributed by atoms with Crippen LogP contribution < -0.4 is 0 Å². The molecule has 0 aromatic heterocycles. The molecule has 0 fully saturated rings. The molecule has 1 unspecified atom stereocenters. The molecule has 0 spiro atoms. The fraction of sp³-hybridized carbons (Fsp3) is 0.636. The van der Waals surface area contributed by atoms with Gasteiger partial charge in [0.2, 0.25) is 0 Å². The smallest absolute Gasteiger partial charge is 0.338 e. The van der Waals surface area contributed by atoms with Gasteiger partial charge in [-0.15, -0.1) is 0 Å². The Hall–Kier alpha value is -1.88. The summed E-state index contributed by atoms with van der Waals surface area (Å²) in [5, 5.41) is 0. The molecule has 0 radical (unpaired) electrons. The largest absolute Gasteiger partial charge is 0.462 e. The molecule has 0 heterocycles. The van der Waals surface area contributed by atoms with E-state index in [0.29, 0.717) is 36.9 Å². The number of hydrogen-bond donors (Lipinski definition) is 0. The Balaban J connectivity index is 2.47. The van der Waals surface area contributed by atoms with Crippen LogP contribution in [0.2, 0.25) is 0 Å². The predicted molar refractivity (Wildman–Crippen MR) is 106 cm³/mol. The summed E-state index contributed by atoms with van der Waals surface area (Å²) in [6.07, 6.45) is 6.39. The summed E-state index contributed by atoms with van der Waals surface area (Å²) < 4.78 is 16.0. The zero-order valence-corrected chi connectivity index (χ0v) is 17.0. The number of carbonyl (C=O) groups is 2. The lowest BCUT2D eigenvalue weighted by Crippen LogP contribution is -2.15. The van der Waals surface area contributed by atoms with Gasteiger partial charge in [-0.2, -0.15) is 0 Å². The molecular weight excluding hydrogens is 344 g/mol. The van der Waals surface area contributed by atoms with E-state index in [0.717, 1.165) is 38.5 Å². The van der Waals surface area contributed by atoms with Gasteiger partial charge in [-0.3, -0.25) is 0 Å². The number of unbranched alkanes of at least 4 members (excludes halogenated alkanes) is 2. The van der Waals surface area contributed by atoms with Crippen molar-refractivity contribution in [3.8, 4) is 0 Å². The quantitative estimate of drug-likeness (QED) is 0.335. The highest BCUT2D eigenvalue weighted by molar-refractivity contribution is 5.95. The average molecular weight is 379 g/mol. The maximum absolute atomic E-state index is 12.3. The molecule has 0 bridgehead atoms. The van der Waals surface area contributed by atoms with Crippen molar-refractivity contribution in [2.75, 3.05) is 26.4 Å². The van der Waals surface area contributed by atoms with E-state index in [4.69, 9.17) is 14.2 Å². The lowest BCUT2D eigenvalue weighted by Gasteiger charge is -2.14. The van der Waals surface area contributed by atoms with Crippen LogP contribution in [0, 0.1) is 5.92 Å². The first-order valence-corrected chi connectivity index (χ1v) is 10.1. The first-order chi connectivity index (χ1) is 13.1. The summed E-state index contributed by atoms with van der Waals surface area (Å²) in [5.74, 6) is -0.477. The van der Waals surface area contributed by atoms with Crippen molar-refractivity contribution < 1.29 is 23.8 Å². The minimum Gasteiger partial charge on any atom is -0.462 e. The third-order valence-corrected chi connectivity index (χ3v) is 4.43. The zero-order valence-electron chi connectivity index (χ0n) is 17.0. The van der Waals surface area contributed by atoms with Crippen LogP contribution in [-0.2, 0) is 14.2 Å². The average Bonchev–Trinajstić information content (AvgIpc) is 2.70. The lowest BCUT2D eigenvalue weighted by atomic mass is 10.0. The molecule has 152 valence electrons. The molecule has 0 saturated heterocycles. The van der Waals surface area contributed by atoms with E-state index in [-0.39, 0.29) is 6.61 Å². The van der Waals surface area contributed by atoms with Gasteiger partial charge < -0.3 is 14.2 Å². The van der Waals surface area contributed by atoms with Crippen LogP contribution in [-0.4, -0.2) is 38.4 Å². The Morgan fingerprint density at radius 1 is 0.889 bits per heavy atom. The summed E-state index contributed by atoms with van der Waals surface area (Å²) in [6.45, 7) is 8.02. The van der Waals surface area contributed by atoms with Gasteiger partial charge in [0.05, 0.1) is 24.3 Å². The Labute approximate surface area is 163 Å². The molecule has 1 aromatic carbocycles. The van der Waals surface area contributed by atoms with Gasteiger partial charge in [-0.1, -0.05) is 52.5 Å². The van der Waals surface area contributed by atoms with Crippen molar-refractivity contribution in [3.05, 3.63) is 35.4 Å². The fourth-order valence-corrected chi connectivity index (χ4v) is 2.57. The van der Waals surface area contributed by atoms with Crippen LogP contribution in [0.15, 0.2) is 24.3 Å². The Morgan fingerprint density at radius 3 is 2.19 bits per heavy atom. The fourth-order valence-electron chi connectivity index (χ4n) is 2.57. The molecule has 5 nitrogen and oxygen atoms in total. The first-order valence-electron chi connectivity index (χ1n) is 10.1. The standard InChI is InChI=1S/C22H34O5/c1-4-7-10-18(6-3)17-27-22(24)20-12-9-11-19(16-20)21(23)26-15-14-25-13-8-5-2/h9,11-12,16,18H,4-8,10,13-15,17H2,1-3H3. The van der Waals surface area contributed by atoms with Gasteiger partial charge in [0.1, 0.15) is 6.61 Å². The molecule has 27 heavy (non-hydrogen) atoms. The van der Waals surface area contributed by atoms with Gasteiger partial charge in [0.25, 0.3) is 0 Å². The van der Waals surface area contributed by atoms with Gasteiger partial charge in [-0.25, -0.2) is 9.59 Å². The molecule has 1 atom stereocenters. The summed E-state index contributed by atoms with van der Waals surface area (Å²) in [6, 6.07) is 6.47. The van der Waals surface area contributed by atoms with Crippen molar-refractivity contribution in [3.63, 3.8) is 0 Å². The van der Waals surface area contributed by atoms with Gasteiger partial charge in [0, 0.05) is 6.61 Å². The maximum Gasteiger partial charge on any atom is 0.338 e.